The van der Waals surface area contributed by atoms with Crippen LogP contribution in [0.25, 0.3) is 0 Å². The fourth-order valence-electron chi connectivity index (χ4n) is 1.82. The Morgan fingerprint density at radius 1 is 1.10 bits per heavy atom. The molecular formula is C17H14ClFO2. The van der Waals surface area contributed by atoms with Crippen molar-refractivity contribution in [2.24, 2.45) is 0 Å². The SMILES string of the molecule is C=C(C)C(=O)OC(Cl)(c1ccccc1)c1ccc(F)cc1. The third-order valence-corrected chi connectivity index (χ3v) is 3.46. The zero-order valence-corrected chi connectivity index (χ0v) is 12.2. The lowest BCUT2D eigenvalue weighted by Gasteiger charge is -2.28. The van der Waals surface area contributed by atoms with Crippen molar-refractivity contribution >= 4 is 17.6 Å². The summed E-state index contributed by atoms with van der Waals surface area (Å²) in [6.07, 6.45) is 0. The van der Waals surface area contributed by atoms with Crippen molar-refractivity contribution in [2.45, 2.75) is 12.0 Å². The molecule has 0 bridgehead atoms. The maximum absolute atomic E-state index is 13.1. The minimum atomic E-state index is -1.52. The number of ether oxygens (including phenoxy) is 1. The van der Waals surface area contributed by atoms with Crippen LogP contribution in [0.15, 0.2) is 66.7 Å². The van der Waals surface area contributed by atoms with E-state index in [1.807, 2.05) is 6.07 Å². The molecule has 0 aliphatic rings. The molecule has 2 aromatic rings. The Morgan fingerprint density at radius 3 is 2.14 bits per heavy atom. The van der Waals surface area contributed by atoms with Crippen molar-refractivity contribution in [3.05, 3.63) is 83.7 Å². The summed E-state index contributed by atoms with van der Waals surface area (Å²) in [7, 11) is 0. The molecule has 4 heteroatoms. The highest BCUT2D eigenvalue weighted by atomic mass is 35.5. The second-order valence-electron chi connectivity index (χ2n) is 4.64. The summed E-state index contributed by atoms with van der Waals surface area (Å²) in [5, 5.41) is -1.52. The topological polar surface area (TPSA) is 26.3 Å². The largest absolute Gasteiger partial charge is 0.431 e. The van der Waals surface area contributed by atoms with Crippen LogP contribution in [0, 0.1) is 5.82 Å². The van der Waals surface area contributed by atoms with Crippen molar-refractivity contribution in [3.63, 3.8) is 0 Å². The van der Waals surface area contributed by atoms with Gasteiger partial charge in [0.15, 0.2) is 0 Å². The van der Waals surface area contributed by atoms with Gasteiger partial charge in [0.25, 0.3) is 0 Å². The number of rotatable bonds is 4. The summed E-state index contributed by atoms with van der Waals surface area (Å²) in [6, 6.07) is 14.4. The third-order valence-electron chi connectivity index (χ3n) is 2.94. The van der Waals surface area contributed by atoms with E-state index >= 15 is 0 Å². The van der Waals surface area contributed by atoms with Gasteiger partial charge in [-0.15, -0.1) is 0 Å². The molecule has 0 fully saturated rings. The molecule has 0 N–H and O–H groups in total. The van der Waals surface area contributed by atoms with Gasteiger partial charge in [-0.3, -0.25) is 0 Å². The molecule has 0 radical (unpaired) electrons. The van der Waals surface area contributed by atoms with Crippen LogP contribution in [-0.2, 0) is 14.6 Å². The van der Waals surface area contributed by atoms with E-state index in [-0.39, 0.29) is 5.57 Å². The summed E-state index contributed by atoms with van der Waals surface area (Å²) < 4.78 is 18.5. The molecule has 0 saturated heterocycles. The number of carbonyl (C=O) groups excluding carboxylic acids is 1. The minimum absolute atomic E-state index is 0.234. The third kappa shape index (κ3) is 3.31. The van der Waals surface area contributed by atoms with Gasteiger partial charge < -0.3 is 4.74 Å². The summed E-state index contributed by atoms with van der Waals surface area (Å²) in [5.74, 6) is -1.00. The molecule has 2 nitrogen and oxygen atoms in total. The second kappa shape index (κ2) is 6.10. The lowest BCUT2D eigenvalue weighted by molar-refractivity contribution is -0.145. The van der Waals surface area contributed by atoms with Crippen LogP contribution in [0.5, 0.6) is 0 Å². The van der Waals surface area contributed by atoms with Gasteiger partial charge in [0.2, 0.25) is 5.06 Å². The van der Waals surface area contributed by atoms with E-state index in [1.54, 1.807) is 24.3 Å². The number of benzene rings is 2. The Bertz CT molecular complexity index is 652. The normalized spacial score (nSPS) is 13.3. The molecule has 0 spiro atoms. The molecular weight excluding hydrogens is 291 g/mol. The first-order valence-electron chi connectivity index (χ1n) is 6.33. The van der Waals surface area contributed by atoms with Gasteiger partial charge >= 0.3 is 5.97 Å². The van der Waals surface area contributed by atoms with Gasteiger partial charge in [-0.05, 0) is 19.1 Å². The predicted molar refractivity (Wildman–Crippen MR) is 80.4 cm³/mol. The average Bonchev–Trinajstić information content (AvgIpc) is 2.48. The number of hydrogen-bond donors (Lipinski definition) is 0. The fraction of sp³-hybridized carbons (Fsp3) is 0.118. The quantitative estimate of drug-likeness (QED) is 0.476. The fourth-order valence-corrected chi connectivity index (χ4v) is 2.14. The molecule has 2 rings (SSSR count). The van der Waals surface area contributed by atoms with Crippen molar-refractivity contribution in [2.75, 3.05) is 0 Å². The Balaban J connectivity index is 2.51. The number of esters is 1. The maximum atomic E-state index is 13.1. The van der Waals surface area contributed by atoms with Gasteiger partial charge in [0.05, 0.1) is 0 Å². The molecule has 2 aromatic carbocycles. The van der Waals surface area contributed by atoms with E-state index in [0.29, 0.717) is 11.1 Å². The maximum Gasteiger partial charge on any atom is 0.335 e. The summed E-state index contributed by atoms with van der Waals surface area (Å²) in [6.45, 7) is 5.08. The number of hydrogen-bond acceptors (Lipinski definition) is 2. The first-order valence-corrected chi connectivity index (χ1v) is 6.70. The molecule has 1 atom stereocenters. The minimum Gasteiger partial charge on any atom is -0.431 e. The Hall–Kier alpha value is -2.13. The average molecular weight is 305 g/mol. The molecule has 0 aromatic heterocycles. The zero-order chi connectivity index (χ0) is 15.5. The van der Waals surface area contributed by atoms with Crippen molar-refractivity contribution in [3.8, 4) is 0 Å². The van der Waals surface area contributed by atoms with Crippen molar-refractivity contribution in [1.29, 1.82) is 0 Å². The monoisotopic (exact) mass is 304 g/mol. The first-order chi connectivity index (χ1) is 9.93. The molecule has 108 valence electrons. The zero-order valence-electron chi connectivity index (χ0n) is 11.5. The van der Waals surface area contributed by atoms with E-state index in [0.717, 1.165) is 0 Å². The molecule has 1 unspecified atom stereocenters. The molecule has 0 aliphatic carbocycles. The first kappa shape index (κ1) is 15.3. The summed E-state index contributed by atoms with van der Waals surface area (Å²) >= 11 is 6.57. The Kier molecular flexibility index (Phi) is 4.43. The standard InChI is InChI=1S/C17H14ClFO2/c1-12(2)16(20)21-17(18,13-6-4-3-5-7-13)14-8-10-15(19)11-9-14/h3-11H,1H2,2H3. The van der Waals surface area contributed by atoms with E-state index < -0.39 is 16.8 Å². The molecule has 0 heterocycles. The van der Waals surface area contributed by atoms with Crippen LogP contribution in [0.2, 0.25) is 0 Å². The van der Waals surface area contributed by atoms with Crippen molar-refractivity contribution in [1.82, 2.24) is 0 Å². The van der Waals surface area contributed by atoms with E-state index in [4.69, 9.17) is 16.3 Å². The van der Waals surface area contributed by atoms with Crippen LogP contribution in [0.4, 0.5) is 4.39 Å². The molecule has 21 heavy (non-hydrogen) atoms. The lowest BCUT2D eigenvalue weighted by Crippen LogP contribution is -2.28. The molecule has 0 aliphatic heterocycles. The van der Waals surface area contributed by atoms with Crippen LogP contribution < -0.4 is 0 Å². The van der Waals surface area contributed by atoms with Gasteiger partial charge in [-0.2, -0.15) is 0 Å². The highest BCUT2D eigenvalue weighted by Crippen LogP contribution is 2.38. The van der Waals surface area contributed by atoms with Gasteiger partial charge in [-0.25, -0.2) is 9.18 Å². The van der Waals surface area contributed by atoms with Gasteiger partial charge in [0.1, 0.15) is 5.82 Å². The Labute approximate surface area is 127 Å². The highest BCUT2D eigenvalue weighted by molar-refractivity contribution is 6.25. The highest BCUT2D eigenvalue weighted by Gasteiger charge is 2.36. The van der Waals surface area contributed by atoms with Crippen LogP contribution in [0.1, 0.15) is 18.1 Å². The second-order valence-corrected chi connectivity index (χ2v) is 5.17. The van der Waals surface area contributed by atoms with E-state index in [9.17, 15) is 9.18 Å². The smallest absolute Gasteiger partial charge is 0.335 e. The lowest BCUT2D eigenvalue weighted by atomic mass is 10.0. The number of carbonyl (C=O) groups is 1. The number of halogens is 2. The number of alkyl halides is 1. The van der Waals surface area contributed by atoms with E-state index in [1.165, 1.54) is 31.2 Å². The molecule has 0 saturated carbocycles. The summed E-state index contributed by atoms with van der Waals surface area (Å²) in [4.78, 5) is 11.9. The summed E-state index contributed by atoms with van der Waals surface area (Å²) in [5.41, 5.74) is 1.28. The van der Waals surface area contributed by atoms with Crippen LogP contribution >= 0.6 is 11.6 Å². The van der Waals surface area contributed by atoms with E-state index in [2.05, 4.69) is 6.58 Å². The molecule has 0 amide bonds. The van der Waals surface area contributed by atoms with Crippen LogP contribution in [-0.4, -0.2) is 5.97 Å². The van der Waals surface area contributed by atoms with Gasteiger partial charge in [0, 0.05) is 16.7 Å². The van der Waals surface area contributed by atoms with Crippen molar-refractivity contribution < 1.29 is 13.9 Å². The Morgan fingerprint density at radius 2 is 1.62 bits per heavy atom. The van der Waals surface area contributed by atoms with Crippen LogP contribution in [0.3, 0.4) is 0 Å². The predicted octanol–water partition coefficient (Wildman–Crippen LogP) is 4.38. The van der Waals surface area contributed by atoms with Gasteiger partial charge in [-0.1, -0.05) is 60.6 Å².